The van der Waals surface area contributed by atoms with E-state index in [-0.39, 0.29) is 0 Å². The number of piperidine rings is 1. The first-order valence-corrected chi connectivity index (χ1v) is 12.1. The highest BCUT2D eigenvalue weighted by molar-refractivity contribution is 7.81. The highest BCUT2D eigenvalue weighted by Crippen LogP contribution is 2.84. The van der Waals surface area contributed by atoms with Gasteiger partial charge in [0.1, 0.15) is 0 Å². The average Bonchev–Trinajstić information content (AvgIpc) is 3.14. The normalized spacial score (nSPS) is 62.7. The molecule has 1 nitrogen and oxygen atoms in total. The summed E-state index contributed by atoms with van der Waals surface area (Å²) in [5.74, 6) is 2.77. The maximum Gasteiger partial charge on any atom is 0.0292 e. The molecule has 1 heterocycles. The minimum Gasteiger partial charge on any atom is -0.299 e. The van der Waals surface area contributed by atoms with E-state index in [1.807, 2.05) is 0 Å². The van der Waals surface area contributed by atoms with Gasteiger partial charge in [-0.3, -0.25) is 4.90 Å². The topological polar surface area (TPSA) is 3.24 Å². The molecule has 0 N–H and O–H groups in total. The number of fused-ring (bicyclic) bond motifs is 1. The van der Waals surface area contributed by atoms with Crippen LogP contribution in [0.3, 0.4) is 0 Å². The molecule has 0 amide bonds. The molecule has 0 aromatic heterocycles. The first-order chi connectivity index (χ1) is 12.3. The zero-order valence-corrected chi connectivity index (χ0v) is 18.6. The first kappa shape index (κ1) is 17.4. The Balaban J connectivity index is 1.62. The lowest BCUT2D eigenvalue weighted by Gasteiger charge is -2.65. The van der Waals surface area contributed by atoms with Crippen molar-refractivity contribution >= 4 is 42.3 Å². The molecule has 0 aromatic carbocycles. The molecule has 6 fully saturated rings. The summed E-state index contributed by atoms with van der Waals surface area (Å²) in [5.41, 5.74) is 2.51. The molecule has 6 aliphatic rings. The van der Waals surface area contributed by atoms with Crippen molar-refractivity contribution in [3.8, 4) is 0 Å². The van der Waals surface area contributed by atoms with Crippen LogP contribution >= 0.6 is 37.5 Å². The van der Waals surface area contributed by atoms with Crippen molar-refractivity contribution in [2.24, 2.45) is 39.9 Å². The smallest absolute Gasteiger partial charge is 0.0292 e. The molecule has 10 atom stereocenters. The molecule has 142 valence electrons. The molecule has 2 spiro atoms. The van der Waals surface area contributed by atoms with E-state index in [0.29, 0.717) is 44.6 Å². The van der Waals surface area contributed by atoms with Crippen LogP contribution in [-0.4, -0.2) is 39.4 Å². The van der Waals surface area contributed by atoms with Gasteiger partial charge in [-0.05, 0) is 67.2 Å². The van der Waals surface area contributed by atoms with Gasteiger partial charge >= 0.3 is 0 Å². The summed E-state index contributed by atoms with van der Waals surface area (Å²) in [6.45, 7) is 12.0. The molecular weight excluding hydrogens is 374 g/mol. The summed E-state index contributed by atoms with van der Waals surface area (Å²) in [6.07, 6.45) is 6.44. The van der Waals surface area contributed by atoms with Crippen molar-refractivity contribution < 1.29 is 0 Å². The molecule has 0 aromatic rings. The molecule has 4 heteroatoms. The summed E-state index contributed by atoms with van der Waals surface area (Å²) in [4.78, 5) is 4.17. The van der Waals surface area contributed by atoms with Crippen molar-refractivity contribution in [2.75, 3.05) is 13.1 Å². The minimum absolute atomic E-state index is 0.339. The number of hydrogen-bond donors (Lipinski definition) is 2. The van der Waals surface area contributed by atoms with Crippen LogP contribution in [0.2, 0.25) is 0 Å². The van der Waals surface area contributed by atoms with Gasteiger partial charge in [-0.1, -0.05) is 38.2 Å². The predicted octanol–water partition coefficient (Wildman–Crippen LogP) is 4.68. The zero-order valence-electron chi connectivity index (χ0n) is 15.9. The molecule has 0 unspecified atom stereocenters. The van der Waals surface area contributed by atoms with Crippen molar-refractivity contribution in [1.29, 1.82) is 0 Å². The van der Waals surface area contributed by atoms with E-state index in [2.05, 4.69) is 25.3 Å². The Morgan fingerprint density at radius 3 is 2.81 bits per heavy atom. The fourth-order valence-electron chi connectivity index (χ4n) is 9.75. The van der Waals surface area contributed by atoms with Gasteiger partial charge in [0.25, 0.3) is 0 Å². The molecule has 1 aliphatic heterocycles. The summed E-state index contributed by atoms with van der Waals surface area (Å²) in [6, 6.07) is 0.709. The Labute approximate surface area is 174 Å². The van der Waals surface area contributed by atoms with Crippen molar-refractivity contribution in [1.82, 2.24) is 4.90 Å². The second kappa shape index (κ2) is 4.96. The van der Waals surface area contributed by atoms with Crippen LogP contribution < -0.4 is 0 Å². The van der Waals surface area contributed by atoms with E-state index in [1.54, 1.807) is 0 Å². The quantitative estimate of drug-likeness (QED) is 0.371. The Bertz CT molecular complexity index is 735. The van der Waals surface area contributed by atoms with E-state index in [0.717, 1.165) is 18.3 Å². The molecule has 0 radical (unpaired) electrons. The van der Waals surface area contributed by atoms with Crippen LogP contribution in [0.25, 0.3) is 0 Å². The first-order valence-electron chi connectivity index (χ1n) is 10.6. The maximum atomic E-state index is 5.99. The van der Waals surface area contributed by atoms with E-state index < -0.39 is 0 Å². The fourth-order valence-corrected chi connectivity index (χ4v) is 11.4. The number of hydrogen-bond acceptors (Lipinski definition) is 4. The van der Waals surface area contributed by atoms with Gasteiger partial charge in [-0.15, -0.1) is 0 Å². The third-order valence-corrected chi connectivity index (χ3v) is 12.3. The molecular formula is C22H31NS3. The third kappa shape index (κ3) is 1.51. The Hall–Kier alpha value is 0.490. The number of likely N-dealkylation sites (tertiary alicyclic amines) is 1. The molecule has 5 saturated carbocycles. The van der Waals surface area contributed by atoms with Crippen LogP contribution in [0.1, 0.15) is 46.0 Å². The Morgan fingerprint density at radius 2 is 2.08 bits per heavy atom. The van der Waals surface area contributed by atoms with Crippen LogP contribution in [0.5, 0.6) is 0 Å². The molecule has 6 rings (SSSR count). The van der Waals surface area contributed by atoms with Crippen LogP contribution in [-0.2, 0) is 0 Å². The summed E-state index contributed by atoms with van der Waals surface area (Å²) < 4.78 is 0. The van der Waals surface area contributed by atoms with Crippen LogP contribution in [0, 0.1) is 39.9 Å². The number of rotatable bonds is 1. The van der Waals surface area contributed by atoms with Crippen molar-refractivity contribution in [3.05, 3.63) is 12.2 Å². The largest absolute Gasteiger partial charge is 0.299 e. The van der Waals surface area contributed by atoms with E-state index in [4.69, 9.17) is 37.5 Å². The highest BCUT2D eigenvalue weighted by Gasteiger charge is 2.84. The van der Waals surface area contributed by atoms with Crippen molar-refractivity contribution in [2.45, 2.75) is 62.5 Å². The average molecular weight is 406 g/mol. The van der Waals surface area contributed by atoms with Gasteiger partial charge in [0.05, 0.1) is 0 Å². The monoisotopic (exact) mass is 405 g/mol. The van der Waals surface area contributed by atoms with Gasteiger partial charge in [0.2, 0.25) is 0 Å². The van der Waals surface area contributed by atoms with Crippen LogP contribution in [0.15, 0.2) is 12.2 Å². The van der Waals surface area contributed by atoms with E-state index in [9.17, 15) is 0 Å². The predicted molar refractivity (Wildman–Crippen MR) is 118 cm³/mol. The lowest BCUT2D eigenvalue weighted by molar-refractivity contribution is -0.137. The lowest BCUT2D eigenvalue weighted by atomic mass is 9.44. The number of thiocarbonyl (C=S) groups is 1. The minimum atomic E-state index is 0.339. The molecule has 7 bridgehead atoms. The third-order valence-electron chi connectivity index (χ3n) is 10.4. The zero-order chi connectivity index (χ0) is 18.2. The Morgan fingerprint density at radius 1 is 1.31 bits per heavy atom. The van der Waals surface area contributed by atoms with Gasteiger partial charge in [-0.2, -0.15) is 25.3 Å². The maximum absolute atomic E-state index is 5.99. The number of nitrogens with zero attached hydrogens (tertiary/aromatic N) is 1. The number of thiol groups is 2. The Kier molecular flexibility index (Phi) is 3.31. The molecule has 1 saturated heterocycles. The second-order valence-corrected chi connectivity index (χ2v) is 12.3. The van der Waals surface area contributed by atoms with Gasteiger partial charge in [0, 0.05) is 39.3 Å². The van der Waals surface area contributed by atoms with Crippen molar-refractivity contribution in [3.63, 3.8) is 0 Å². The van der Waals surface area contributed by atoms with Gasteiger partial charge < -0.3 is 0 Å². The van der Waals surface area contributed by atoms with Gasteiger partial charge in [0.15, 0.2) is 0 Å². The highest BCUT2D eigenvalue weighted by atomic mass is 32.1. The lowest BCUT2D eigenvalue weighted by Crippen LogP contribution is -2.67. The van der Waals surface area contributed by atoms with E-state index in [1.165, 1.54) is 49.2 Å². The fraction of sp³-hybridized carbons (Fsp3) is 0.864. The SMILES string of the molecule is C=C1[C@H]2C[C@@]3([C@@H]1S)[C@@H](CC2=S)[C@]12[C@@H]4C[C@H]3[C@H]1N(CC)C[C@]4(C)CC[C@@H]2S. The summed E-state index contributed by atoms with van der Waals surface area (Å²) in [7, 11) is 0. The second-order valence-electron chi connectivity index (χ2n) is 10.7. The van der Waals surface area contributed by atoms with E-state index >= 15 is 0 Å². The summed E-state index contributed by atoms with van der Waals surface area (Å²) in [5, 5.41) is 0.874. The van der Waals surface area contributed by atoms with Crippen LogP contribution in [0.4, 0.5) is 0 Å². The van der Waals surface area contributed by atoms with Gasteiger partial charge in [-0.25, -0.2) is 0 Å². The summed E-state index contributed by atoms with van der Waals surface area (Å²) >= 11 is 16.6. The molecule has 5 aliphatic carbocycles. The molecule has 26 heavy (non-hydrogen) atoms. The standard InChI is InChI=1S/C22H31NS3/c1-4-23-10-20(3)6-5-17(25)22-15(20)7-13(18(22)23)21-9-12(11(2)19(21)26)14(24)8-16(21)22/h12-13,15-19,25-26H,2,4-10H2,1,3H3/t12-,13+,15-,16-,17+,18-,19-,20+,21+,22+/m1/s1.